The number of benzene rings is 1. The molecule has 38 heavy (non-hydrogen) atoms. The molecule has 3 aromatic heterocycles. The van der Waals surface area contributed by atoms with Crippen LogP contribution in [0.4, 0.5) is 11.4 Å². The maximum absolute atomic E-state index is 12.7. The Kier molecular flexibility index (Phi) is 6.86. The molecule has 1 aromatic carbocycles. The zero-order valence-corrected chi connectivity index (χ0v) is 22.6. The molecular formula is C29H30N6O2S. The van der Waals surface area contributed by atoms with E-state index in [-0.39, 0.29) is 18.0 Å². The highest BCUT2D eigenvalue weighted by Gasteiger charge is 2.42. The fourth-order valence-electron chi connectivity index (χ4n) is 4.55. The third-order valence-corrected chi connectivity index (χ3v) is 6.83. The minimum atomic E-state index is -0.538. The van der Waals surface area contributed by atoms with Crippen molar-refractivity contribution in [3.05, 3.63) is 96.8 Å². The summed E-state index contributed by atoms with van der Waals surface area (Å²) in [5.41, 5.74) is 3.81. The molecule has 5 rings (SSSR count). The first kappa shape index (κ1) is 25.4. The molecule has 0 radical (unpaired) electrons. The zero-order chi connectivity index (χ0) is 26.9. The van der Waals surface area contributed by atoms with Crippen molar-refractivity contribution in [2.24, 2.45) is 5.41 Å². The van der Waals surface area contributed by atoms with Crippen molar-refractivity contribution in [3.63, 3.8) is 0 Å². The van der Waals surface area contributed by atoms with E-state index in [0.29, 0.717) is 16.5 Å². The van der Waals surface area contributed by atoms with E-state index in [9.17, 15) is 4.79 Å². The number of anilines is 2. The Bertz CT molecular complexity index is 1450. The van der Waals surface area contributed by atoms with Gasteiger partial charge in [0.25, 0.3) is 0 Å². The van der Waals surface area contributed by atoms with E-state index in [1.54, 1.807) is 25.7 Å². The summed E-state index contributed by atoms with van der Waals surface area (Å²) >= 11 is 5.90. The fraction of sp³-hybridized carbons (Fsp3) is 0.241. The SMILES string of the molecule is COc1cc(N2C(=S)NC(c3ccccn3)C2c2cccn2-c2ccncc2)ccc1NC(=O)C(C)(C)C. The van der Waals surface area contributed by atoms with E-state index in [4.69, 9.17) is 17.0 Å². The van der Waals surface area contributed by atoms with Crippen molar-refractivity contribution < 1.29 is 9.53 Å². The lowest BCUT2D eigenvalue weighted by Gasteiger charge is -2.29. The number of thiocarbonyl (C=S) groups is 1. The van der Waals surface area contributed by atoms with Gasteiger partial charge in [-0.15, -0.1) is 0 Å². The van der Waals surface area contributed by atoms with Gasteiger partial charge in [-0.2, -0.15) is 0 Å². The average molecular weight is 527 g/mol. The highest BCUT2D eigenvalue weighted by molar-refractivity contribution is 7.80. The maximum Gasteiger partial charge on any atom is 0.229 e. The largest absolute Gasteiger partial charge is 0.494 e. The van der Waals surface area contributed by atoms with Crippen LogP contribution >= 0.6 is 12.2 Å². The van der Waals surface area contributed by atoms with E-state index < -0.39 is 5.41 Å². The van der Waals surface area contributed by atoms with E-state index in [0.717, 1.165) is 22.8 Å². The van der Waals surface area contributed by atoms with Gasteiger partial charge in [0, 0.05) is 53.3 Å². The second kappa shape index (κ2) is 10.3. The predicted molar refractivity (Wildman–Crippen MR) is 153 cm³/mol. The number of nitrogens with zero attached hydrogens (tertiary/aromatic N) is 4. The number of carbonyl (C=O) groups excluding carboxylic acids is 1. The molecule has 9 heteroatoms. The minimum Gasteiger partial charge on any atom is -0.494 e. The number of ether oxygens (including phenoxy) is 1. The van der Waals surface area contributed by atoms with Crippen molar-refractivity contribution in [1.29, 1.82) is 0 Å². The molecule has 0 saturated carbocycles. The van der Waals surface area contributed by atoms with Crippen LogP contribution in [0.25, 0.3) is 5.69 Å². The first-order valence-corrected chi connectivity index (χ1v) is 12.8. The number of methoxy groups -OCH3 is 1. The Morgan fingerprint density at radius 2 is 1.82 bits per heavy atom. The Balaban J connectivity index is 1.60. The predicted octanol–water partition coefficient (Wildman–Crippen LogP) is 5.44. The number of aromatic nitrogens is 3. The summed E-state index contributed by atoms with van der Waals surface area (Å²) < 4.78 is 7.83. The summed E-state index contributed by atoms with van der Waals surface area (Å²) in [5.74, 6) is 0.456. The van der Waals surface area contributed by atoms with Crippen LogP contribution in [0.5, 0.6) is 5.75 Å². The lowest BCUT2D eigenvalue weighted by Crippen LogP contribution is -2.30. The molecule has 1 amide bonds. The van der Waals surface area contributed by atoms with Crippen LogP contribution in [-0.4, -0.2) is 32.7 Å². The Labute approximate surface area is 227 Å². The first-order valence-electron chi connectivity index (χ1n) is 12.4. The van der Waals surface area contributed by atoms with Crippen LogP contribution in [0.15, 0.2) is 85.5 Å². The monoisotopic (exact) mass is 526 g/mol. The van der Waals surface area contributed by atoms with Crippen molar-refractivity contribution in [3.8, 4) is 11.4 Å². The van der Waals surface area contributed by atoms with Gasteiger partial charge in [0.05, 0.1) is 24.5 Å². The maximum atomic E-state index is 12.7. The molecule has 1 saturated heterocycles. The van der Waals surface area contributed by atoms with E-state index in [1.807, 2.05) is 81.6 Å². The van der Waals surface area contributed by atoms with E-state index >= 15 is 0 Å². The van der Waals surface area contributed by atoms with Gasteiger partial charge in [0.1, 0.15) is 11.8 Å². The molecule has 2 atom stereocenters. The second-order valence-corrected chi connectivity index (χ2v) is 10.5. The van der Waals surface area contributed by atoms with Crippen LogP contribution in [0.1, 0.15) is 44.2 Å². The molecule has 0 aliphatic carbocycles. The Hall–Kier alpha value is -4.24. The summed E-state index contributed by atoms with van der Waals surface area (Å²) in [5, 5.41) is 7.05. The standard InChI is InChI=1S/C29H30N6O2S/c1-29(2,3)27(36)32-21-11-10-20(18-24(21)37-4)35-26(25(33-28(35)38)22-8-5-6-14-31-22)23-9-7-17-34(23)19-12-15-30-16-13-19/h5-18,25-26H,1-4H3,(H,32,36)(H,33,38). The molecular weight excluding hydrogens is 496 g/mol. The molecule has 1 fully saturated rings. The van der Waals surface area contributed by atoms with Crippen LogP contribution in [0.2, 0.25) is 0 Å². The van der Waals surface area contributed by atoms with E-state index in [1.165, 1.54) is 0 Å². The van der Waals surface area contributed by atoms with Crippen molar-refractivity contribution in [2.45, 2.75) is 32.9 Å². The van der Waals surface area contributed by atoms with Gasteiger partial charge in [-0.1, -0.05) is 26.8 Å². The van der Waals surface area contributed by atoms with Crippen molar-refractivity contribution in [2.75, 3.05) is 17.3 Å². The summed E-state index contributed by atoms with van der Waals surface area (Å²) in [6, 6.07) is 19.2. The number of hydrogen-bond donors (Lipinski definition) is 2. The van der Waals surface area contributed by atoms with Crippen molar-refractivity contribution >= 4 is 34.6 Å². The van der Waals surface area contributed by atoms with E-state index in [2.05, 4.69) is 36.1 Å². The molecule has 1 aliphatic heterocycles. The number of pyridine rings is 2. The molecule has 8 nitrogen and oxygen atoms in total. The van der Waals surface area contributed by atoms with Gasteiger partial charge in [-0.3, -0.25) is 14.8 Å². The van der Waals surface area contributed by atoms with Crippen LogP contribution < -0.4 is 20.3 Å². The number of rotatable bonds is 6. The summed E-state index contributed by atoms with van der Waals surface area (Å²) in [6.45, 7) is 5.62. The highest BCUT2D eigenvalue weighted by Crippen LogP contribution is 2.44. The normalized spacial score (nSPS) is 17.3. The molecule has 1 aliphatic rings. The number of carbonyl (C=O) groups is 1. The van der Waals surface area contributed by atoms with Crippen LogP contribution in [0, 0.1) is 5.41 Å². The molecule has 194 valence electrons. The molecule has 2 unspecified atom stereocenters. The smallest absolute Gasteiger partial charge is 0.229 e. The minimum absolute atomic E-state index is 0.0924. The molecule has 4 heterocycles. The lowest BCUT2D eigenvalue weighted by molar-refractivity contribution is -0.123. The molecule has 4 aromatic rings. The summed E-state index contributed by atoms with van der Waals surface area (Å²) in [6.07, 6.45) is 7.38. The number of nitrogens with one attached hydrogen (secondary N) is 2. The number of hydrogen-bond acceptors (Lipinski definition) is 5. The third-order valence-electron chi connectivity index (χ3n) is 6.51. The Morgan fingerprint density at radius 3 is 2.50 bits per heavy atom. The van der Waals surface area contributed by atoms with Gasteiger partial charge < -0.3 is 24.8 Å². The first-order chi connectivity index (χ1) is 18.3. The summed E-state index contributed by atoms with van der Waals surface area (Å²) in [4.78, 5) is 23.6. The zero-order valence-electron chi connectivity index (χ0n) is 21.8. The van der Waals surface area contributed by atoms with Gasteiger partial charge in [0.2, 0.25) is 5.91 Å². The van der Waals surface area contributed by atoms with Crippen molar-refractivity contribution in [1.82, 2.24) is 19.9 Å². The van der Waals surface area contributed by atoms with Gasteiger partial charge in [0.15, 0.2) is 5.11 Å². The van der Waals surface area contributed by atoms with Gasteiger partial charge >= 0.3 is 0 Å². The summed E-state index contributed by atoms with van der Waals surface area (Å²) in [7, 11) is 1.59. The average Bonchev–Trinajstić information content (AvgIpc) is 3.53. The Morgan fingerprint density at radius 1 is 1.03 bits per heavy atom. The topological polar surface area (TPSA) is 84.3 Å². The van der Waals surface area contributed by atoms with Crippen LogP contribution in [-0.2, 0) is 4.79 Å². The highest BCUT2D eigenvalue weighted by atomic mass is 32.1. The molecule has 0 bridgehead atoms. The van der Waals surface area contributed by atoms with Crippen LogP contribution in [0.3, 0.4) is 0 Å². The number of amides is 1. The van der Waals surface area contributed by atoms with Gasteiger partial charge in [-0.25, -0.2) is 0 Å². The third kappa shape index (κ3) is 4.84. The lowest BCUT2D eigenvalue weighted by atomic mass is 9.95. The molecule has 0 spiro atoms. The molecule has 2 N–H and O–H groups in total. The fourth-order valence-corrected chi connectivity index (χ4v) is 4.90. The second-order valence-electron chi connectivity index (χ2n) is 10.1. The van der Waals surface area contributed by atoms with Gasteiger partial charge in [-0.05, 0) is 60.7 Å². The quantitative estimate of drug-likeness (QED) is 0.324.